The zero-order valence-electron chi connectivity index (χ0n) is 10.0. The molecule has 5 nitrogen and oxygen atoms in total. The third-order valence-corrected chi connectivity index (χ3v) is 4.03. The SMILES string of the molecule is O=c1n(Cc2ccc(Br)cc2F)nnn1-c1cccs1. The Hall–Kier alpha value is -1.80. The van der Waals surface area contributed by atoms with Crippen LogP contribution >= 0.6 is 27.3 Å². The van der Waals surface area contributed by atoms with Crippen molar-refractivity contribution in [3.8, 4) is 5.00 Å². The normalized spacial score (nSPS) is 10.9. The Morgan fingerprint density at radius 3 is 2.85 bits per heavy atom. The summed E-state index contributed by atoms with van der Waals surface area (Å²) in [5.41, 5.74) is -0.0108. The first kappa shape index (κ1) is 13.2. The lowest BCUT2D eigenvalue weighted by atomic mass is 10.2. The molecule has 0 fully saturated rings. The summed E-state index contributed by atoms with van der Waals surface area (Å²) in [7, 11) is 0. The fourth-order valence-corrected chi connectivity index (χ4v) is 2.71. The summed E-state index contributed by atoms with van der Waals surface area (Å²) in [5.74, 6) is -0.392. The van der Waals surface area contributed by atoms with Gasteiger partial charge in [0.1, 0.15) is 10.8 Å². The fraction of sp³-hybridized carbons (Fsp3) is 0.0833. The number of thiophene rings is 1. The van der Waals surface area contributed by atoms with Crippen molar-refractivity contribution >= 4 is 27.3 Å². The van der Waals surface area contributed by atoms with Crippen LogP contribution in [0.1, 0.15) is 5.56 Å². The van der Waals surface area contributed by atoms with Gasteiger partial charge >= 0.3 is 5.69 Å². The predicted octanol–water partition coefficient (Wildman–Crippen LogP) is 2.44. The highest BCUT2D eigenvalue weighted by atomic mass is 79.9. The van der Waals surface area contributed by atoms with Gasteiger partial charge < -0.3 is 0 Å². The number of rotatable bonds is 3. The number of nitrogens with zero attached hydrogens (tertiary/aromatic N) is 4. The Labute approximate surface area is 125 Å². The highest BCUT2D eigenvalue weighted by molar-refractivity contribution is 9.10. The molecule has 0 unspecified atom stereocenters. The van der Waals surface area contributed by atoms with Crippen LogP contribution in [0.25, 0.3) is 5.00 Å². The van der Waals surface area contributed by atoms with Crippen LogP contribution < -0.4 is 5.69 Å². The first-order valence-electron chi connectivity index (χ1n) is 5.66. The van der Waals surface area contributed by atoms with Crippen molar-refractivity contribution in [1.82, 2.24) is 19.8 Å². The molecule has 0 bridgehead atoms. The van der Waals surface area contributed by atoms with E-state index in [1.54, 1.807) is 18.2 Å². The van der Waals surface area contributed by atoms with E-state index in [-0.39, 0.29) is 6.54 Å². The van der Waals surface area contributed by atoms with Crippen LogP contribution in [0.4, 0.5) is 4.39 Å². The van der Waals surface area contributed by atoms with Crippen molar-refractivity contribution in [3.05, 3.63) is 62.0 Å². The van der Waals surface area contributed by atoms with Crippen molar-refractivity contribution in [2.24, 2.45) is 0 Å². The van der Waals surface area contributed by atoms with Crippen LogP contribution in [0.15, 0.2) is 45.0 Å². The molecular weight excluding hydrogens is 347 g/mol. The maximum absolute atomic E-state index is 13.7. The van der Waals surface area contributed by atoms with Crippen LogP contribution in [0.2, 0.25) is 0 Å². The fourth-order valence-electron chi connectivity index (χ4n) is 1.71. The van der Waals surface area contributed by atoms with Gasteiger partial charge in [0, 0.05) is 10.0 Å². The number of halogens is 2. The van der Waals surface area contributed by atoms with Gasteiger partial charge in [-0.05, 0) is 40.1 Å². The summed E-state index contributed by atoms with van der Waals surface area (Å²) < 4.78 is 16.7. The van der Waals surface area contributed by atoms with E-state index in [9.17, 15) is 9.18 Å². The quantitative estimate of drug-likeness (QED) is 0.725. The van der Waals surface area contributed by atoms with Gasteiger partial charge in [0.05, 0.1) is 6.54 Å². The molecule has 0 aliphatic carbocycles. The van der Waals surface area contributed by atoms with Gasteiger partial charge in [0.25, 0.3) is 0 Å². The molecule has 3 aromatic rings. The maximum Gasteiger partial charge on any atom is 0.369 e. The summed E-state index contributed by atoms with van der Waals surface area (Å²) in [5, 5.41) is 10.1. The smallest absolute Gasteiger partial charge is 0.244 e. The molecule has 0 saturated heterocycles. The minimum Gasteiger partial charge on any atom is -0.244 e. The largest absolute Gasteiger partial charge is 0.369 e. The Kier molecular flexibility index (Phi) is 3.49. The Balaban J connectivity index is 1.94. The molecule has 2 aromatic heterocycles. The molecule has 3 rings (SSSR count). The second-order valence-electron chi connectivity index (χ2n) is 4.02. The monoisotopic (exact) mass is 354 g/mol. The summed E-state index contributed by atoms with van der Waals surface area (Å²) in [6.45, 7) is 0.0450. The van der Waals surface area contributed by atoms with Crippen molar-refractivity contribution in [1.29, 1.82) is 0 Å². The Bertz CT molecular complexity index is 796. The maximum atomic E-state index is 13.7. The van der Waals surface area contributed by atoms with Crippen LogP contribution in [-0.2, 0) is 6.54 Å². The molecule has 0 spiro atoms. The van der Waals surface area contributed by atoms with E-state index in [4.69, 9.17) is 0 Å². The molecule has 102 valence electrons. The molecule has 0 aliphatic heterocycles. The Morgan fingerprint density at radius 2 is 2.15 bits per heavy atom. The van der Waals surface area contributed by atoms with Gasteiger partial charge in [-0.2, -0.15) is 9.36 Å². The highest BCUT2D eigenvalue weighted by Crippen LogP contribution is 2.16. The molecular formula is C12H8BrFN4OS. The highest BCUT2D eigenvalue weighted by Gasteiger charge is 2.11. The van der Waals surface area contributed by atoms with Crippen molar-refractivity contribution in [3.63, 3.8) is 0 Å². The minimum absolute atomic E-state index is 0.0450. The topological polar surface area (TPSA) is 52.7 Å². The molecule has 0 amide bonds. The molecule has 8 heteroatoms. The molecule has 0 saturated carbocycles. The lowest BCUT2D eigenvalue weighted by Crippen LogP contribution is -2.24. The second-order valence-corrected chi connectivity index (χ2v) is 5.86. The van der Waals surface area contributed by atoms with Crippen LogP contribution in [-0.4, -0.2) is 19.8 Å². The molecule has 0 radical (unpaired) electrons. The third-order valence-electron chi connectivity index (χ3n) is 2.69. The number of hydrogen-bond acceptors (Lipinski definition) is 4. The van der Waals surface area contributed by atoms with Gasteiger partial charge in [-0.1, -0.05) is 22.0 Å². The van der Waals surface area contributed by atoms with E-state index in [1.165, 1.54) is 22.1 Å². The first-order valence-corrected chi connectivity index (χ1v) is 7.33. The van der Waals surface area contributed by atoms with Gasteiger partial charge in [0.2, 0.25) is 0 Å². The predicted molar refractivity (Wildman–Crippen MR) is 76.7 cm³/mol. The number of benzene rings is 1. The molecule has 2 heterocycles. The van der Waals surface area contributed by atoms with Crippen molar-refractivity contribution in [2.45, 2.75) is 6.54 Å². The summed E-state index contributed by atoms with van der Waals surface area (Å²) in [4.78, 5) is 12.1. The Morgan fingerprint density at radius 1 is 1.30 bits per heavy atom. The van der Waals surface area contributed by atoms with E-state index >= 15 is 0 Å². The van der Waals surface area contributed by atoms with E-state index in [0.717, 1.165) is 4.68 Å². The van der Waals surface area contributed by atoms with Gasteiger partial charge in [-0.3, -0.25) is 0 Å². The lowest BCUT2D eigenvalue weighted by molar-refractivity contribution is 0.570. The van der Waals surface area contributed by atoms with Crippen LogP contribution in [0, 0.1) is 5.82 Å². The van der Waals surface area contributed by atoms with Crippen LogP contribution in [0.3, 0.4) is 0 Å². The number of tetrazole rings is 1. The van der Waals surface area contributed by atoms with Gasteiger partial charge in [0.15, 0.2) is 0 Å². The molecule has 0 atom stereocenters. The van der Waals surface area contributed by atoms with Crippen LogP contribution in [0.5, 0.6) is 0 Å². The molecule has 0 N–H and O–H groups in total. The van der Waals surface area contributed by atoms with E-state index in [1.807, 2.05) is 11.4 Å². The van der Waals surface area contributed by atoms with E-state index in [0.29, 0.717) is 15.0 Å². The molecule has 20 heavy (non-hydrogen) atoms. The van der Waals surface area contributed by atoms with Gasteiger partial charge in [-0.25, -0.2) is 9.18 Å². The standard InChI is InChI=1S/C12H8BrFN4OS/c13-9-4-3-8(10(14)6-9)7-17-12(19)18(16-15-17)11-2-1-5-20-11/h1-6H,7H2. The van der Waals surface area contributed by atoms with Gasteiger partial charge in [-0.15, -0.1) is 11.3 Å². The summed E-state index contributed by atoms with van der Waals surface area (Å²) >= 11 is 4.57. The second kappa shape index (κ2) is 5.29. The molecule has 1 aromatic carbocycles. The van der Waals surface area contributed by atoms with E-state index < -0.39 is 11.5 Å². The average molecular weight is 355 g/mol. The zero-order valence-corrected chi connectivity index (χ0v) is 12.4. The average Bonchev–Trinajstić information content (AvgIpc) is 3.03. The minimum atomic E-state index is -0.394. The number of hydrogen-bond donors (Lipinski definition) is 0. The van der Waals surface area contributed by atoms with E-state index in [2.05, 4.69) is 26.4 Å². The van der Waals surface area contributed by atoms with Crippen molar-refractivity contribution in [2.75, 3.05) is 0 Å². The lowest BCUT2D eigenvalue weighted by Gasteiger charge is -2.02. The number of aromatic nitrogens is 4. The molecule has 0 aliphatic rings. The van der Waals surface area contributed by atoms with Crippen molar-refractivity contribution < 1.29 is 4.39 Å². The zero-order chi connectivity index (χ0) is 14.1. The summed E-state index contributed by atoms with van der Waals surface area (Å²) in [6.07, 6.45) is 0. The first-order chi connectivity index (χ1) is 9.65. The summed E-state index contributed by atoms with van der Waals surface area (Å²) in [6, 6.07) is 8.26. The third kappa shape index (κ3) is 2.44.